The summed E-state index contributed by atoms with van der Waals surface area (Å²) >= 11 is 0. The van der Waals surface area contributed by atoms with Gasteiger partial charge in [0.1, 0.15) is 0 Å². The van der Waals surface area contributed by atoms with Crippen LogP contribution in [0.4, 0.5) is 0 Å². The molecule has 0 amide bonds. The SMILES string of the molecule is [CH2]CCN(O)[N+](C)(C)C. The molecule has 0 aromatic rings. The molecule has 0 fully saturated rings. The lowest BCUT2D eigenvalue weighted by molar-refractivity contribution is -1.02. The van der Waals surface area contributed by atoms with E-state index < -0.39 is 0 Å². The van der Waals surface area contributed by atoms with Crippen LogP contribution in [0, 0.1) is 6.92 Å². The molecule has 9 heavy (non-hydrogen) atoms. The van der Waals surface area contributed by atoms with Crippen LogP contribution >= 0.6 is 0 Å². The predicted molar refractivity (Wildman–Crippen MR) is 36.5 cm³/mol. The molecular weight excluding hydrogens is 116 g/mol. The second kappa shape index (κ2) is 3.15. The highest BCUT2D eigenvalue weighted by Crippen LogP contribution is 1.96. The molecule has 0 spiro atoms. The molecule has 0 bridgehead atoms. The van der Waals surface area contributed by atoms with Gasteiger partial charge in [-0.1, -0.05) is 6.92 Å². The van der Waals surface area contributed by atoms with Crippen molar-refractivity contribution in [2.45, 2.75) is 6.42 Å². The second-order valence-corrected chi connectivity index (χ2v) is 2.89. The average molecular weight is 132 g/mol. The van der Waals surface area contributed by atoms with Crippen molar-refractivity contribution < 1.29 is 9.80 Å². The highest BCUT2D eigenvalue weighted by molar-refractivity contribution is 4.36. The Hall–Kier alpha value is -0.120. The minimum Gasteiger partial charge on any atom is -0.269 e. The summed E-state index contributed by atoms with van der Waals surface area (Å²) < 4.78 is 0.440. The molecule has 0 aromatic carbocycles. The van der Waals surface area contributed by atoms with Crippen molar-refractivity contribution in [3.8, 4) is 0 Å². The van der Waals surface area contributed by atoms with E-state index in [0.717, 1.165) is 6.42 Å². The lowest BCUT2D eigenvalue weighted by Gasteiger charge is -2.30. The van der Waals surface area contributed by atoms with E-state index in [9.17, 15) is 0 Å². The Bertz CT molecular complexity index is 77.6. The zero-order valence-electron chi connectivity index (χ0n) is 6.46. The van der Waals surface area contributed by atoms with E-state index >= 15 is 0 Å². The van der Waals surface area contributed by atoms with Crippen LogP contribution in [0.15, 0.2) is 0 Å². The van der Waals surface area contributed by atoms with Gasteiger partial charge < -0.3 is 0 Å². The summed E-state index contributed by atoms with van der Waals surface area (Å²) in [6.07, 6.45) is 0.728. The second-order valence-electron chi connectivity index (χ2n) is 2.89. The molecule has 55 valence electrons. The first-order chi connectivity index (χ1) is 3.98. The third-order valence-corrected chi connectivity index (χ3v) is 1.05. The summed E-state index contributed by atoms with van der Waals surface area (Å²) in [5.74, 6) is 0. The zero-order chi connectivity index (χ0) is 7.49. The molecule has 0 heterocycles. The van der Waals surface area contributed by atoms with Gasteiger partial charge in [0.25, 0.3) is 0 Å². The summed E-state index contributed by atoms with van der Waals surface area (Å²) in [4.78, 5) is 0. The Kier molecular flexibility index (Phi) is 3.11. The highest BCUT2D eigenvalue weighted by Gasteiger charge is 2.15. The quantitative estimate of drug-likeness (QED) is 0.447. The van der Waals surface area contributed by atoms with Crippen LogP contribution in [0.1, 0.15) is 6.42 Å². The number of nitrogens with zero attached hydrogens (tertiary/aromatic N) is 2. The van der Waals surface area contributed by atoms with E-state index in [0.29, 0.717) is 11.1 Å². The van der Waals surface area contributed by atoms with Crippen molar-refractivity contribution in [1.29, 1.82) is 0 Å². The van der Waals surface area contributed by atoms with E-state index in [1.165, 1.54) is 5.17 Å². The third-order valence-electron chi connectivity index (χ3n) is 1.05. The summed E-state index contributed by atoms with van der Waals surface area (Å²) in [7, 11) is 5.70. The van der Waals surface area contributed by atoms with Gasteiger partial charge in [-0.05, 0) is 11.6 Å². The van der Waals surface area contributed by atoms with Gasteiger partial charge >= 0.3 is 0 Å². The largest absolute Gasteiger partial charge is 0.269 e. The normalized spacial score (nSPS) is 12.7. The fourth-order valence-corrected chi connectivity index (χ4v) is 0.441. The van der Waals surface area contributed by atoms with Crippen molar-refractivity contribution in [3.05, 3.63) is 6.92 Å². The van der Waals surface area contributed by atoms with Crippen LogP contribution < -0.4 is 0 Å². The molecule has 0 aliphatic heterocycles. The maximum absolute atomic E-state index is 9.15. The Labute approximate surface area is 57.0 Å². The molecule has 0 saturated heterocycles. The monoisotopic (exact) mass is 132 g/mol. The average Bonchev–Trinajstić information content (AvgIpc) is 1.64. The minimum absolute atomic E-state index is 0.440. The van der Waals surface area contributed by atoms with E-state index in [1.807, 2.05) is 21.1 Å². The van der Waals surface area contributed by atoms with Crippen LogP contribution in [0.3, 0.4) is 0 Å². The molecule has 0 atom stereocenters. The molecule has 0 aliphatic carbocycles. The number of quaternary nitrogens is 1. The number of rotatable bonds is 3. The van der Waals surface area contributed by atoms with Gasteiger partial charge in [0, 0.05) is 0 Å². The van der Waals surface area contributed by atoms with Gasteiger partial charge in [0.2, 0.25) is 0 Å². The fourth-order valence-electron chi connectivity index (χ4n) is 0.441. The number of hydrogen-bond acceptors (Lipinski definition) is 2. The molecule has 0 saturated carbocycles. The number of hydroxylamine groups is 1. The molecular formula is C6H16N2O+. The Morgan fingerprint density at radius 2 is 1.89 bits per heavy atom. The molecule has 0 rings (SSSR count). The van der Waals surface area contributed by atoms with Crippen molar-refractivity contribution in [1.82, 2.24) is 5.17 Å². The van der Waals surface area contributed by atoms with Crippen molar-refractivity contribution in [2.24, 2.45) is 0 Å². The van der Waals surface area contributed by atoms with Crippen molar-refractivity contribution in [3.63, 3.8) is 0 Å². The summed E-state index contributed by atoms with van der Waals surface area (Å²) in [5, 5.41) is 10.4. The Morgan fingerprint density at radius 3 is 2.00 bits per heavy atom. The Morgan fingerprint density at radius 1 is 1.44 bits per heavy atom. The number of hydrogen-bond donors (Lipinski definition) is 1. The maximum Gasteiger partial charge on any atom is 0.0875 e. The first kappa shape index (κ1) is 8.88. The van der Waals surface area contributed by atoms with Crippen LogP contribution in [-0.4, -0.2) is 42.7 Å². The van der Waals surface area contributed by atoms with Gasteiger partial charge in [0.05, 0.1) is 27.7 Å². The fraction of sp³-hybridized carbons (Fsp3) is 0.833. The zero-order valence-corrected chi connectivity index (χ0v) is 6.46. The topological polar surface area (TPSA) is 23.5 Å². The van der Waals surface area contributed by atoms with Gasteiger partial charge in [-0.2, -0.15) is 0 Å². The standard InChI is InChI=1S/C6H16N2O/c1-5-6-7(9)8(2,3)4/h9H,1,5-6H2,2-4H3/q+1. The molecule has 0 unspecified atom stereocenters. The molecule has 0 aromatic heterocycles. The first-order valence-electron chi connectivity index (χ1n) is 3.06. The van der Waals surface area contributed by atoms with E-state index in [2.05, 4.69) is 6.92 Å². The minimum atomic E-state index is 0.440. The van der Waals surface area contributed by atoms with Crippen LogP contribution in [0.5, 0.6) is 0 Å². The van der Waals surface area contributed by atoms with Crippen LogP contribution in [-0.2, 0) is 0 Å². The highest BCUT2D eigenvalue weighted by atomic mass is 16.6. The lowest BCUT2D eigenvalue weighted by Crippen LogP contribution is -2.49. The summed E-state index contributed by atoms with van der Waals surface area (Å²) in [6.45, 7) is 4.24. The van der Waals surface area contributed by atoms with E-state index in [4.69, 9.17) is 5.21 Å². The van der Waals surface area contributed by atoms with Crippen molar-refractivity contribution in [2.75, 3.05) is 27.7 Å². The molecule has 1 N–H and O–H groups in total. The van der Waals surface area contributed by atoms with Gasteiger partial charge in [-0.3, -0.25) is 5.21 Å². The molecule has 3 nitrogen and oxygen atoms in total. The van der Waals surface area contributed by atoms with Gasteiger partial charge in [-0.15, -0.1) is 0 Å². The maximum atomic E-state index is 9.15. The lowest BCUT2D eigenvalue weighted by atomic mass is 10.5. The Balaban J connectivity index is 3.59. The molecule has 3 heteroatoms. The van der Waals surface area contributed by atoms with Gasteiger partial charge in [-0.25, -0.2) is 4.59 Å². The first-order valence-corrected chi connectivity index (χ1v) is 3.06. The molecule has 0 aliphatic rings. The van der Waals surface area contributed by atoms with Gasteiger partial charge in [0.15, 0.2) is 0 Å². The summed E-state index contributed by atoms with van der Waals surface area (Å²) in [6, 6.07) is 0. The van der Waals surface area contributed by atoms with Crippen LogP contribution in [0.2, 0.25) is 0 Å². The smallest absolute Gasteiger partial charge is 0.0875 e. The van der Waals surface area contributed by atoms with Crippen LogP contribution in [0.25, 0.3) is 0 Å². The summed E-state index contributed by atoms with van der Waals surface area (Å²) in [5.41, 5.74) is 0. The third kappa shape index (κ3) is 3.46. The predicted octanol–water partition coefficient (Wildman–Crippen LogP) is 0.523. The van der Waals surface area contributed by atoms with Crippen molar-refractivity contribution >= 4 is 0 Å². The van der Waals surface area contributed by atoms with E-state index in [-0.39, 0.29) is 0 Å². The molecule has 1 radical (unpaired) electrons. The van der Waals surface area contributed by atoms with E-state index in [1.54, 1.807) is 0 Å².